The van der Waals surface area contributed by atoms with Crippen molar-refractivity contribution in [1.29, 1.82) is 0 Å². The quantitative estimate of drug-likeness (QED) is 0.638. The van der Waals surface area contributed by atoms with Crippen molar-refractivity contribution in [3.05, 3.63) is 42.3 Å². The fourth-order valence-electron chi connectivity index (χ4n) is 3.72. The van der Waals surface area contributed by atoms with Gasteiger partial charge < -0.3 is 15.2 Å². The number of nitrogens with one attached hydrogen (secondary N) is 2. The Morgan fingerprint density at radius 2 is 2.07 bits per heavy atom. The summed E-state index contributed by atoms with van der Waals surface area (Å²) in [6, 6.07) is 8.51. The number of rotatable bonds is 6. The number of hydrogen-bond acceptors (Lipinski definition) is 4. The summed E-state index contributed by atoms with van der Waals surface area (Å²) in [6.45, 7) is 3.41. The minimum Gasteiger partial charge on any atom is -0.370 e. The van der Waals surface area contributed by atoms with E-state index in [-0.39, 0.29) is 5.82 Å². The molecular formula is C21H26FN5. The van der Waals surface area contributed by atoms with Gasteiger partial charge in [-0.1, -0.05) is 0 Å². The van der Waals surface area contributed by atoms with E-state index >= 15 is 0 Å². The summed E-state index contributed by atoms with van der Waals surface area (Å²) in [5, 5.41) is 3.40. The van der Waals surface area contributed by atoms with Crippen LogP contribution in [0.1, 0.15) is 25.7 Å². The highest BCUT2D eigenvalue weighted by atomic mass is 19.1. The van der Waals surface area contributed by atoms with Crippen molar-refractivity contribution in [2.24, 2.45) is 5.92 Å². The molecule has 0 amide bonds. The summed E-state index contributed by atoms with van der Waals surface area (Å²) >= 11 is 0. The monoisotopic (exact) mass is 367 g/mol. The Morgan fingerprint density at radius 3 is 2.85 bits per heavy atom. The van der Waals surface area contributed by atoms with Gasteiger partial charge in [0.15, 0.2) is 0 Å². The molecule has 0 radical (unpaired) electrons. The van der Waals surface area contributed by atoms with Crippen LogP contribution >= 0.6 is 0 Å². The number of fused-ring (bicyclic) bond motifs is 1. The number of benzene rings is 1. The van der Waals surface area contributed by atoms with E-state index in [4.69, 9.17) is 0 Å². The maximum absolute atomic E-state index is 13.3. The van der Waals surface area contributed by atoms with Gasteiger partial charge in [-0.2, -0.15) is 0 Å². The fourth-order valence-corrected chi connectivity index (χ4v) is 3.72. The third kappa shape index (κ3) is 4.45. The van der Waals surface area contributed by atoms with Crippen molar-refractivity contribution >= 4 is 16.9 Å². The van der Waals surface area contributed by atoms with Gasteiger partial charge in [0, 0.05) is 18.3 Å². The molecule has 6 heteroatoms. The molecule has 0 aliphatic carbocycles. The summed E-state index contributed by atoms with van der Waals surface area (Å²) in [6.07, 6.45) is 6.91. The summed E-state index contributed by atoms with van der Waals surface area (Å²) in [5.41, 5.74) is 2.34. The smallest absolute Gasteiger partial charge is 0.140 e. The lowest BCUT2D eigenvalue weighted by atomic mass is 9.92. The van der Waals surface area contributed by atoms with Crippen molar-refractivity contribution in [2.75, 3.05) is 32.0 Å². The van der Waals surface area contributed by atoms with Crippen LogP contribution in [-0.2, 0) is 0 Å². The van der Waals surface area contributed by atoms with Crippen LogP contribution in [0.4, 0.5) is 10.2 Å². The van der Waals surface area contributed by atoms with Gasteiger partial charge in [0.25, 0.3) is 0 Å². The Balaban J connectivity index is 1.29. The summed E-state index contributed by atoms with van der Waals surface area (Å²) < 4.78 is 13.3. The van der Waals surface area contributed by atoms with E-state index in [1.165, 1.54) is 50.9 Å². The van der Waals surface area contributed by atoms with Gasteiger partial charge in [-0.25, -0.2) is 14.4 Å². The number of aromatic nitrogens is 3. The van der Waals surface area contributed by atoms with Crippen LogP contribution in [-0.4, -0.2) is 46.5 Å². The number of pyridine rings is 1. The van der Waals surface area contributed by atoms with Crippen molar-refractivity contribution in [2.45, 2.75) is 25.7 Å². The van der Waals surface area contributed by atoms with Crippen molar-refractivity contribution in [3.63, 3.8) is 0 Å². The van der Waals surface area contributed by atoms with Crippen LogP contribution in [0, 0.1) is 11.7 Å². The maximum atomic E-state index is 13.3. The molecule has 1 fully saturated rings. The second-order valence-corrected chi connectivity index (χ2v) is 7.49. The second-order valence-electron chi connectivity index (χ2n) is 7.49. The predicted octanol–water partition coefficient (Wildman–Crippen LogP) is 4.30. The number of hydrogen-bond donors (Lipinski definition) is 2. The van der Waals surface area contributed by atoms with Crippen LogP contribution in [0.25, 0.3) is 22.4 Å². The first-order valence-electron chi connectivity index (χ1n) is 9.71. The minimum absolute atomic E-state index is 0.268. The van der Waals surface area contributed by atoms with Gasteiger partial charge in [-0.15, -0.1) is 0 Å². The zero-order chi connectivity index (χ0) is 18.6. The van der Waals surface area contributed by atoms with E-state index in [0.29, 0.717) is 11.3 Å². The molecule has 1 saturated heterocycles. The van der Waals surface area contributed by atoms with Crippen molar-refractivity contribution in [1.82, 2.24) is 19.9 Å². The maximum Gasteiger partial charge on any atom is 0.140 e. The topological polar surface area (TPSA) is 56.8 Å². The lowest BCUT2D eigenvalue weighted by molar-refractivity contribution is 0.211. The van der Waals surface area contributed by atoms with Crippen LogP contribution in [0.3, 0.4) is 0 Å². The first kappa shape index (κ1) is 17.9. The van der Waals surface area contributed by atoms with Crippen LogP contribution in [0.15, 0.2) is 36.5 Å². The van der Waals surface area contributed by atoms with Gasteiger partial charge in [0.1, 0.15) is 17.5 Å². The van der Waals surface area contributed by atoms with E-state index in [1.807, 2.05) is 12.1 Å². The highest BCUT2D eigenvalue weighted by molar-refractivity contribution is 5.79. The zero-order valence-corrected chi connectivity index (χ0v) is 15.7. The number of likely N-dealkylation sites (tertiary alicyclic amines) is 1. The third-order valence-electron chi connectivity index (χ3n) is 5.41. The standard InChI is InChI=1S/C21H26FN5/c1-27-11-8-15(9-12-27)3-2-10-23-20-7-4-16(14-24-20)21-25-18-6-5-17(22)13-19(18)26-21/h4-7,13-15H,2-3,8-12H2,1H3,(H,23,24)(H,25,26). The van der Waals surface area contributed by atoms with Crippen LogP contribution in [0.5, 0.6) is 0 Å². The molecule has 2 aromatic heterocycles. The second kappa shape index (κ2) is 8.05. The van der Waals surface area contributed by atoms with Gasteiger partial charge in [-0.05, 0) is 82.1 Å². The lowest BCUT2D eigenvalue weighted by Gasteiger charge is -2.28. The summed E-state index contributed by atoms with van der Waals surface area (Å²) in [4.78, 5) is 14.5. The Labute approximate surface area is 159 Å². The molecule has 1 aliphatic heterocycles. The minimum atomic E-state index is -0.268. The molecule has 0 unspecified atom stereocenters. The van der Waals surface area contributed by atoms with Gasteiger partial charge in [-0.3, -0.25) is 0 Å². The van der Waals surface area contributed by atoms with Crippen LogP contribution < -0.4 is 5.32 Å². The number of piperidine rings is 1. The molecule has 2 N–H and O–H groups in total. The highest BCUT2D eigenvalue weighted by Gasteiger charge is 2.15. The molecule has 3 heterocycles. The fraction of sp³-hybridized carbons (Fsp3) is 0.429. The first-order chi connectivity index (χ1) is 13.2. The average Bonchev–Trinajstić information content (AvgIpc) is 3.10. The van der Waals surface area contributed by atoms with Gasteiger partial charge >= 0.3 is 0 Å². The van der Waals surface area contributed by atoms with Gasteiger partial charge in [0.05, 0.1) is 11.0 Å². The van der Waals surface area contributed by atoms with E-state index in [2.05, 4.69) is 32.2 Å². The molecule has 142 valence electrons. The first-order valence-corrected chi connectivity index (χ1v) is 9.71. The molecule has 27 heavy (non-hydrogen) atoms. The lowest BCUT2D eigenvalue weighted by Crippen LogP contribution is -2.30. The number of halogens is 1. The molecule has 4 rings (SSSR count). The number of aromatic amines is 1. The highest BCUT2D eigenvalue weighted by Crippen LogP contribution is 2.22. The number of anilines is 1. The van der Waals surface area contributed by atoms with Crippen LogP contribution in [0.2, 0.25) is 0 Å². The predicted molar refractivity (Wildman–Crippen MR) is 107 cm³/mol. The van der Waals surface area contributed by atoms with E-state index in [9.17, 15) is 4.39 Å². The molecule has 5 nitrogen and oxygen atoms in total. The SMILES string of the molecule is CN1CCC(CCCNc2ccc(-c3nc4ccc(F)cc4[nH]3)cn2)CC1. The zero-order valence-electron chi connectivity index (χ0n) is 15.7. The third-order valence-corrected chi connectivity index (χ3v) is 5.41. The van der Waals surface area contributed by atoms with Gasteiger partial charge in [0.2, 0.25) is 0 Å². The molecule has 3 aromatic rings. The largest absolute Gasteiger partial charge is 0.370 e. The Bertz CT molecular complexity index is 881. The average molecular weight is 367 g/mol. The number of imidazole rings is 1. The summed E-state index contributed by atoms with van der Waals surface area (Å²) in [7, 11) is 2.21. The van der Waals surface area contributed by atoms with E-state index in [0.717, 1.165) is 29.4 Å². The molecule has 0 saturated carbocycles. The Hall–Kier alpha value is -2.47. The van der Waals surface area contributed by atoms with E-state index in [1.54, 1.807) is 12.3 Å². The molecule has 0 bridgehead atoms. The Morgan fingerprint density at radius 1 is 1.22 bits per heavy atom. The summed E-state index contributed by atoms with van der Waals surface area (Å²) in [5.74, 6) is 2.19. The van der Waals surface area contributed by atoms with E-state index < -0.39 is 0 Å². The molecule has 0 atom stereocenters. The normalized spacial score (nSPS) is 16.1. The molecule has 0 spiro atoms. The number of H-pyrrole nitrogens is 1. The Kier molecular flexibility index (Phi) is 5.34. The number of nitrogens with zero attached hydrogens (tertiary/aromatic N) is 3. The molecule has 1 aromatic carbocycles. The molecule has 1 aliphatic rings. The van der Waals surface area contributed by atoms with Crippen molar-refractivity contribution in [3.8, 4) is 11.4 Å². The van der Waals surface area contributed by atoms with Crippen molar-refractivity contribution < 1.29 is 4.39 Å². The molecular weight excluding hydrogens is 341 g/mol.